The van der Waals surface area contributed by atoms with Crippen LogP contribution in [-0.2, 0) is 11.3 Å². The minimum atomic E-state index is -2.97. The van der Waals surface area contributed by atoms with E-state index in [9.17, 15) is 13.6 Å². The van der Waals surface area contributed by atoms with Gasteiger partial charge in [-0.2, -0.15) is 8.78 Å². The highest BCUT2D eigenvalue weighted by molar-refractivity contribution is 5.81. The Kier molecular flexibility index (Phi) is 4.23. The summed E-state index contributed by atoms with van der Waals surface area (Å²) in [5, 5.41) is 2.52. The number of carbonyl (C=O) groups is 1. The summed E-state index contributed by atoms with van der Waals surface area (Å²) < 4.78 is 39.4. The van der Waals surface area contributed by atoms with Crippen LogP contribution in [0, 0.1) is 0 Å². The minimum absolute atomic E-state index is 0.000926. The summed E-state index contributed by atoms with van der Waals surface area (Å²) in [4.78, 5) is 11.4. The van der Waals surface area contributed by atoms with Gasteiger partial charge in [-0.15, -0.1) is 0 Å². The van der Waals surface area contributed by atoms with E-state index in [1.165, 1.54) is 19.1 Å². The second-order valence-corrected chi connectivity index (χ2v) is 4.20. The van der Waals surface area contributed by atoms with Crippen molar-refractivity contribution in [2.24, 2.45) is 5.73 Å². The molecule has 0 aliphatic carbocycles. The maximum atomic E-state index is 12.4. The Labute approximate surface area is 113 Å². The van der Waals surface area contributed by atoms with Crippen LogP contribution in [0.5, 0.6) is 17.2 Å². The number of rotatable bonds is 5. The van der Waals surface area contributed by atoms with Gasteiger partial charge < -0.3 is 25.3 Å². The summed E-state index contributed by atoms with van der Waals surface area (Å²) in [6.45, 7) is -1.44. The molecule has 6 nitrogen and oxygen atoms in total. The lowest BCUT2D eigenvalue weighted by Crippen LogP contribution is -2.37. The molecule has 1 atom stereocenters. The van der Waals surface area contributed by atoms with Crippen molar-refractivity contribution in [3.63, 3.8) is 0 Å². The molecule has 1 aromatic rings. The first-order chi connectivity index (χ1) is 9.47. The Morgan fingerprint density at radius 3 is 2.70 bits per heavy atom. The van der Waals surface area contributed by atoms with Crippen LogP contribution in [0.4, 0.5) is 8.78 Å². The molecule has 0 spiro atoms. The molecule has 1 amide bonds. The zero-order valence-electron chi connectivity index (χ0n) is 10.7. The molecule has 1 aromatic carbocycles. The molecule has 1 aliphatic rings. The maximum Gasteiger partial charge on any atom is 0.387 e. The number of ether oxygens (including phenoxy) is 3. The van der Waals surface area contributed by atoms with E-state index in [0.29, 0.717) is 17.1 Å². The van der Waals surface area contributed by atoms with Crippen molar-refractivity contribution in [1.29, 1.82) is 0 Å². The van der Waals surface area contributed by atoms with Crippen molar-refractivity contribution in [3.8, 4) is 17.2 Å². The highest BCUT2D eigenvalue weighted by atomic mass is 19.3. The fourth-order valence-corrected chi connectivity index (χ4v) is 1.65. The molecule has 0 saturated heterocycles. The molecule has 2 rings (SSSR count). The van der Waals surface area contributed by atoms with Gasteiger partial charge in [-0.3, -0.25) is 4.79 Å². The molecule has 3 N–H and O–H groups in total. The highest BCUT2D eigenvalue weighted by Crippen LogP contribution is 2.38. The van der Waals surface area contributed by atoms with Crippen molar-refractivity contribution < 1.29 is 27.8 Å². The average molecular weight is 288 g/mol. The number of amides is 1. The molecular formula is C12H14F2N2O4. The number of carbonyl (C=O) groups excluding carboxylic acids is 1. The Bertz CT molecular complexity index is 508. The van der Waals surface area contributed by atoms with E-state index in [2.05, 4.69) is 10.1 Å². The van der Waals surface area contributed by atoms with E-state index >= 15 is 0 Å². The lowest BCUT2D eigenvalue weighted by molar-refractivity contribution is -0.122. The predicted molar refractivity (Wildman–Crippen MR) is 64.7 cm³/mol. The first-order valence-corrected chi connectivity index (χ1v) is 5.88. The van der Waals surface area contributed by atoms with Gasteiger partial charge in [0, 0.05) is 18.2 Å². The summed E-state index contributed by atoms with van der Waals surface area (Å²) >= 11 is 0. The third-order valence-corrected chi connectivity index (χ3v) is 2.64. The van der Waals surface area contributed by atoms with Crippen LogP contribution in [-0.4, -0.2) is 25.4 Å². The van der Waals surface area contributed by atoms with Crippen molar-refractivity contribution in [3.05, 3.63) is 17.7 Å². The molecule has 20 heavy (non-hydrogen) atoms. The molecule has 1 aliphatic heterocycles. The van der Waals surface area contributed by atoms with E-state index in [4.69, 9.17) is 15.2 Å². The number of benzene rings is 1. The Hall–Kier alpha value is -2.09. The normalized spacial score (nSPS) is 14.2. The Morgan fingerprint density at radius 2 is 2.10 bits per heavy atom. The Morgan fingerprint density at radius 1 is 1.45 bits per heavy atom. The second kappa shape index (κ2) is 5.91. The molecule has 1 heterocycles. The van der Waals surface area contributed by atoms with Crippen LogP contribution >= 0.6 is 0 Å². The fraction of sp³-hybridized carbons (Fsp3) is 0.417. The molecule has 0 bridgehead atoms. The number of nitrogens with two attached hydrogens (primary N) is 1. The number of nitrogens with one attached hydrogen (secondary N) is 1. The first kappa shape index (κ1) is 14.3. The number of halogens is 2. The molecule has 8 heteroatoms. The third-order valence-electron chi connectivity index (χ3n) is 2.64. The summed E-state index contributed by atoms with van der Waals surface area (Å²) in [6, 6.07) is 2.10. The number of hydrogen-bond donors (Lipinski definition) is 2. The number of hydrogen-bond acceptors (Lipinski definition) is 5. The van der Waals surface area contributed by atoms with Gasteiger partial charge in [0.25, 0.3) is 0 Å². The average Bonchev–Trinajstić information content (AvgIpc) is 2.81. The van der Waals surface area contributed by atoms with Gasteiger partial charge in [0.1, 0.15) is 5.75 Å². The maximum absolute atomic E-state index is 12.4. The van der Waals surface area contributed by atoms with Crippen molar-refractivity contribution in [2.75, 3.05) is 6.79 Å². The van der Waals surface area contributed by atoms with Gasteiger partial charge >= 0.3 is 6.61 Å². The van der Waals surface area contributed by atoms with E-state index < -0.39 is 18.6 Å². The molecule has 0 unspecified atom stereocenters. The molecule has 0 saturated carbocycles. The smallest absolute Gasteiger partial charge is 0.387 e. The van der Waals surface area contributed by atoms with Crippen LogP contribution in [0.3, 0.4) is 0 Å². The lowest BCUT2D eigenvalue weighted by atomic mass is 10.1. The molecule has 110 valence electrons. The van der Waals surface area contributed by atoms with Crippen LogP contribution < -0.4 is 25.3 Å². The van der Waals surface area contributed by atoms with Gasteiger partial charge in [0.05, 0.1) is 6.04 Å². The standard InChI is InChI=1S/C12H14F2N2O4/c1-6(15)11(17)16-4-7-2-9-10(19-5-18-9)3-8(7)20-12(13)14/h2-3,6,12H,4-5,15H2,1H3,(H,16,17)/t6-/m1/s1. The van der Waals surface area contributed by atoms with Crippen LogP contribution in [0.1, 0.15) is 12.5 Å². The van der Waals surface area contributed by atoms with Crippen LogP contribution in [0.15, 0.2) is 12.1 Å². The van der Waals surface area contributed by atoms with Gasteiger partial charge in [-0.25, -0.2) is 0 Å². The highest BCUT2D eigenvalue weighted by Gasteiger charge is 2.20. The SMILES string of the molecule is C[C@@H](N)C(=O)NCc1cc2c(cc1OC(F)F)OCO2. The first-order valence-electron chi connectivity index (χ1n) is 5.88. The van der Waals surface area contributed by atoms with Crippen molar-refractivity contribution in [1.82, 2.24) is 5.32 Å². The summed E-state index contributed by atoms with van der Waals surface area (Å²) in [7, 11) is 0. The largest absolute Gasteiger partial charge is 0.454 e. The fourth-order valence-electron chi connectivity index (χ4n) is 1.65. The van der Waals surface area contributed by atoms with E-state index in [-0.39, 0.29) is 19.1 Å². The van der Waals surface area contributed by atoms with Crippen molar-refractivity contribution in [2.45, 2.75) is 26.1 Å². The topological polar surface area (TPSA) is 82.8 Å². The van der Waals surface area contributed by atoms with Gasteiger partial charge in [-0.1, -0.05) is 0 Å². The number of fused-ring (bicyclic) bond motifs is 1. The second-order valence-electron chi connectivity index (χ2n) is 4.20. The monoisotopic (exact) mass is 288 g/mol. The minimum Gasteiger partial charge on any atom is -0.454 e. The van der Waals surface area contributed by atoms with E-state index in [1.54, 1.807) is 0 Å². The molecule has 0 aromatic heterocycles. The van der Waals surface area contributed by atoms with Crippen LogP contribution in [0.2, 0.25) is 0 Å². The Balaban J connectivity index is 2.18. The van der Waals surface area contributed by atoms with Gasteiger partial charge in [0.2, 0.25) is 12.7 Å². The predicted octanol–water partition coefficient (Wildman–Crippen LogP) is 0.980. The zero-order chi connectivity index (χ0) is 14.7. The van der Waals surface area contributed by atoms with Crippen molar-refractivity contribution >= 4 is 5.91 Å². The number of alkyl halides is 2. The zero-order valence-corrected chi connectivity index (χ0v) is 10.7. The van der Waals surface area contributed by atoms with Gasteiger partial charge in [-0.05, 0) is 13.0 Å². The molecule has 0 fully saturated rings. The molecular weight excluding hydrogens is 274 g/mol. The van der Waals surface area contributed by atoms with E-state index in [0.717, 1.165) is 0 Å². The summed E-state index contributed by atoms with van der Waals surface area (Å²) in [6.07, 6.45) is 0. The van der Waals surface area contributed by atoms with E-state index in [1.807, 2.05) is 0 Å². The summed E-state index contributed by atoms with van der Waals surface area (Å²) in [5.41, 5.74) is 5.75. The van der Waals surface area contributed by atoms with Gasteiger partial charge in [0.15, 0.2) is 11.5 Å². The summed E-state index contributed by atoms with van der Waals surface area (Å²) in [5.74, 6) is 0.263. The lowest BCUT2D eigenvalue weighted by Gasteiger charge is -2.13. The quantitative estimate of drug-likeness (QED) is 0.844. The van der Waals surface area contributed by atoms with Crippen LogP contribution in [0.25, 0.3) is 0 Å². The molecule has 0 radical (unpaired) electrons. The third kappa shape index (κ3) is 3.27.